The standard InChI is InChI=1S/C29H30N2O5/c1-4-5-7-12-27(32)31-19-23-17-24(14-13-22(23)18-26(31)29(33)34-3)35-16-15-25-20(2)36-28(30-25)21-10-8-6-9-11-21/h6,8-11,13-14,17,26H,4-5,15-16,18-19H2,1-3H3/t26-/m0/s1. The van der Waals surface area contributed by atoms with E-state index in [1.807, 2.05) is 62.4 Å². The maximum atomic E-state index is 12.8. The Bertz CT molecular complexity index is 1290. The fraction of sp³-hybridized carbons (Fsp3) is 0.345. The zero-order chi connectivity index (χ0) is 25.5. The third kappa shape index (κ3) is 5.77. The summed E-state index contributed by atoms with van der Waals surface area (Å²) in [5.74, 6) is 6.79. The van der Waals surface area contributed by atoms with Crippen LogP contribution in [0.25, 0.3) is 11.5 Å². The van der Waals surface area contributed by atoms with Gasteiger partial charge >= 0.3 is 5.97 Å². The van der Waals surface area contributed by atoms with Gasteiger partial charge in [0.25, 0.3) is 5.91 Å². The van der Waals surface area contributed by atoms with Gasteiger partial charge in [0.1, 0.15) is 17.6 Å². The molecule has 0 saturated heterocycles. The Morgan fingerprint density at radius 2 is 1.97 bits per heavy atom. The highest BCUT2D eigenvalue weighted by atomic mass is 16.5. The zero-order valence-electron chi connectivity index (χ0n) is 20.9. The molecule has 1 aliphatic heterocycles. The van der Waals surface area contributed by atoms with Crippen LogP contribution in [0.3, 0.4) is 0 Å². The molecule has 1 atom stereocenters. The lowest BCUT2D eigenvalue weighted by Gasteiger charge is -2.34. The number of methoxy groups -OCH3 is 1. The van der Waals surface area contributed by atoms with Crippen LogP contribution < -0.4 is 4.74 Å². The lowest BCUT2D eigenvalue weighted by molar-refractivity contribution is -0.152. The molecule has 0 spiro atoms. The van der Waals surface area contributed by atoms with E-state index in [9.17, 15) is 9.59 Å². The second kappa shape index (κ2) is 11.6. The van der Waals surface area contributed by atoms with Gasteiger partial charge < -0.3 is 18.8 Å². The summed E-state index contributed by atoms with van der Waals surface area (Å²) in [6.45, 7) is 4.60. The molecule has 0 N–H and O–H groups in total. The first-order valence-corrected chi connectivity index (χ1v) is 12.1. The van der Waals surface area contributed by atoms with Crippen LogP contribution in [-0.4, -0.2) is 41.5 Å². The molecule has 7 nitrogen and oxygen atoms in total. The Morgan fingerprint density at radius 1 is 1.17 bits per heavy atom. The average molecular weight is 487 g/mol. The Hall–Kier alpha value is -4.05. The van der Waals surface area contributed by atoms with Crippen LogP contribution in [0, 0.1) is 18.8 Å². The predicted molar refractivity (Wildman–Crippen MR) is 135 cm³/mol. The van der Waals surface area contributed by atoms with Crippen molar-refractivity contribution in [1.82, 2.24) is 9.88 Å². The summed E-state index contributed by atoms with van der Waals surface area (Å²) in [6, 6.07) is 14.9. The van der Waals surface area contributed by atoms with Crippen LogP contribution in [-0.2, 0) is 33.7 Å². The number of fused-ring (bicyclic) bond motifs is 1. The van der Waals surface area contributed by atoms with E-state index in [2.05, 4.69) is 16.8 Å². The maximum Gasteiger partial charge on any atom is 0.328 e. The van der Waals surface area contributed by atoms with Crippen molar-refractivity contribution in [3.8, 4) is 29.0 Å². The number of carbonyl (C=O) groups is 2. The third-order valence-electron chi connectivity index (χ3n) is 6.13. The topological polar surface area (TPSA) is 81.9 Å². The lowest BCUT2D eigenvalue weighted by Crippen LogP contribution is -2.48. The second-order valence-corrected chi connectivity index (χ2v) is 8.64. The lowest BCUT2D eigenvalue weighted by atomic mass is 9.93. The highest BCUT2D eigenvalue weighted by Crippen LogP contribution is 2.28. The first kappa shape index (κ1) is 25.1. The van der Waals surface area contributed by atoms with Crippen molar-refractivity contribution in [1.29, 1.82) is 0 Å². The van der Waals surface area contributed by atoms with Gasteiger partial charge in [0.15, 0.2) is 0 Å². The molecule has 1 aliphatic rings. The van der Waals surface area contributed by atoms with Crippen molar-refractivity contribution < 1.29 is 23.5 Å². The fourth-order valence-electron chi connectivity index (χ4n) is 4.18. The smallest absolute Gasteiger partial charge is 0.328 e. The van der Waals surface area contributed by atoms with Crippen LogP contribution in [0.4, 0.5) is 0 Å². The molecule has 0 unspecified atom stereocenters. The fourth-order valence-corrected chi connectivity index (χ4v) is 4.18. The monoisotopic (exact) mass is 486 g/mol. The summed E-state index contributed by atoms with van der Waals surface area (Å²) in [6.07, 6.45) is 2.48. The Morgan fingerprint density at radius 3 is 2.72 bits per heavy atom. The minimum atomic E-state index is -0.688. The van der Waals surface area contributed by atoms with Crippen molar-refractivity contribution >= 4 is 11.9 Å². The van der Waals surface area contributed by atoms with Crippen LogP contribution >= 0.6 is 0 Å². The molecular formula is C29H30N2O5. The first-order valence-electron chi connectivity index (χ1n) is 12.1. The largest absolute Gasteiger partial charge is 0.493 e. The van der Waals surface area contributed by atoms with Gasteiger partial charge in [-0.3, -0.25) is 4.79 Å². The summed E-state index contributed by atoms with van der Waals surface area (Å²) in [4.78, 5) is 31.3. The first-order chi connectivity index (χ1) is 17.5. The number of aryl methyl sites for hydroxylation is 1. The number of amides is 1. The molecule has 4 rings (SSSR count). The van der Waals surface area contributed by atoms with Gasteiger partial charge in [-0.1, -0.05) is 37.1 Å². The molecule has 0 aliphatic carbocycles. The number of aromatic nitrogens is 1. The highest BCUT2D eigenvalue weighted by Gasteiger charge is 2.35. The zero-order valence-corrected chi connectivity index (χ0v) is 20.9. The highest BCUT2D eigenvalue weighted by molar-refractivity contribution is 5.96. The Labute approximate surface area is 211 Å². The molecule has 0 fully saturated rings. The molecule has 2 heterocycles. The van der Waals surface area contributed by atoms with Crippen LogP contribution in [0.15, 0.2) is 52.9 Å². The normalized spacial score (nSPS) is 14.4. The van der Waals surface area contributed by atoms with Crippen molar-refractivity contribution in [2.75, 3.05) is 13.7 Å². The number of ether oxygens (including phenoxy) is 2. The molecule has 1 aromatic heterocycles. The second-order valence-electron chi connectivity index (χ2n) is 8.64. The number of benzene rings is 2. The number of oxazole rings is 1. The summed E-state index contributed by atoms with van der Waals surface area (Å²) in [5, 5.41) is 0. The summed E-state index contributed by atoms with van der Waals surface area (Å²) in [5.41, 5.74) is 3.71. The third-order valence-corrected chi connectivity index (χ3v) is 6.13. The summed E-state index contributed by atoms with van der Waals surface area (Å²) < 4.78 is 16.8. The molecule has 0 radical (unpaired) electrons. The number of nitrogens with zero attached hydrogens (tertiary/aromatic N) is 2. The quantitative estimate of drug-likeness (QED) is 0.361. The van der Waals surface area contributed by atoms with E-state index < -0.39 is 12.0 Å². The van der Waals surface area contributed by atoms with Crippen molar-refractivity contribution in [3.05, 3.63) is 71.1 Å². The molecule has 7 heteroatoms. The van der Waals surface area contributed by atoms with Crippen LogP contribution in [0.5, 0.6) is 5.75 Å². The molecule has 2 aromatic carbocycles. The van der Waals surface area contributed by atoms with Gasteiger partial charge in [-0.25, -0.2) is 9.78 Å². The van der Waals surface area contributed by atoms with E-state index in [1.54, 1.807) is 0 Å². The van der Waals surface area contributed by atoms with Gasteiger partial charge in [-0.05, 0) is 54.7 Å². The van der Waals surface area contributed by atoms with E-state index >= 15 is 0 Å². The van der Waals surface area contributed by atoms with Crippen LogP contribution in [0.2, 0.25) is 0 Å². The number of hydrogen-bond donors (Lipinski definition) is 0. The minimum Gasteiger partial charge on any atom is -0.493 e. The SMILES string of the molecule is CCCC#CC(=O)N1Cc2cc(OCCc3nc(-c4ccccc4)oc3C)ccc2C[C@H]1C(=O)OC. The number of esters is 1. The van der Waals surface area contributed by atoms with Gasteiger partial charge in [0.05, 0.1) is 19.4 Å². The molecule has 186 valence electrons. The average Bonchev–Trinajstić information content (AvgIpc) is 3.28. The predicted octanol–water partition coefficient (Wildman–Crippen LogP) is 4.50. The van der Waals surface area contributed by atoms with E-state index in [0.29, 0.717) is 37.5 Å². The van der Waals surface area contributed by atoms with E-state index in [0.717, 1.165) is 34.6 Å². The molecule has 0 bridgehead atoms. The van der Waals surface area contributed by atoms with Crippen molar-refractivity contribution in [3.63, 3.8) is 0 Å². The van der Waals surface area contributed by atoms with Gasteiger partial charge in [-0.2, -0.15) is 0 Å². The van der Waals surface area contributed by atoms with Crippen molar-refractivity contribution in [2.24, 2.45) is 0 Å². The Balaban J connectivity index is 1.44. The molecule has 36 heavy (non-hydrogen) atoms. The number of unbranched alkanes of at least 4 members (excludes halogenated alkanes) is 1. The summed E-state index contributed by atoms with van der Waals surface area (Å²) >= 11 is 0. The van der Waals surface area contributed by atoms with E-state index in [1.165, 1.54) is 12.0 Å². The van der Waals surface area contributed by atoms with Gasteiger partial charge in [0.2, 0.25) is 5.89 Å². The minimum absolute atomic E-state index is 0.273. The molecule has 0 saturated carbocycles. The van der Waals surface area contributed by atoms with Crippen molar-refractivity contribution in [2.45, 2.75) is 52.1 Å². The molecule has 1 amide bonds. The Kier molecular flexibility index (Phi) is 8.06. The van der Waals surface area contributed by atoms with E-state index in [-0.39, 0.29) is 12.5 Å². The maximum absolute atomic E-state index is 12.8. The molecule has 3 aromatic rings. The van der Waals surface area contributed by atoms with Gasteiger partial charge in [0, 0.05) is 31.4 Å². The number of hydrogen-bond acceptors (Lipinski definition) is 6. The van der Waals surface area contributed by atoms with E-state index in [4.69, 9.17) is 13.9 Å². The summed E-state index contributed by atoms with van der Waals surface area (Å²) in [7, 11) is 1.33. The van der Waals surface area contributed by atoms with Crippen LogP contribution in [0.1, 0.15) is 42.3 Å². The molecular weight excluding hydrogens is 456 g/mol. The van der Waals surface area contributed by atoms with Gasteiger partial charge in [-0.15, -0.1) is 0 Å². The number of rotatable bonds is 7. The number of carbonyl (C=O) groups excluding carboxylic acids is 2.